The van der Waals surface area contributed by atoms with Crippen molar-refractivity contribution in [2.75, 3.05) is 19.0 Å². The van der Waals surface area contributed by atoms with E-state index in [0.29, 0.717) is 0 Å². The van der Waals surface area contributed by atoms with E-state index in [1.165, 1.54) is 6.08 Å². The quantitative estimate of drug-likeness (QED) is 0.839. The van der Waals surface area contributed by atoms with E-state index in [-0.39, 0.29) is 11.5 Å². The van der Waals surface area contributed by atoms with Crippen LogP contribution < -0.4 is 10.6 Å². The third-order valence-electron chi connectivity index (χ3n) is 3.27. The van der Waals surface area contributed by atoms with Crippen molar-refractivity contribution in [3.05, 3.63) is 47.2 Å². The number of carbonyl (C=O) groups is 1. The molecule has 0 atom stereocenters. The van der Waals surface area contributed by atoms with Gasteiger partial charge in [0.1, 0.15) is 0 Å². The molecule has 0 amide bonds. The molecule has 1 aliphatic rings. The molecule has 0 radical (unpaired) electrons. The number of ketones is 1. The lowest BCUT2D eigenvalue weighted by Crippen LogP contribution is -2.17. The van der Waals surface area contributed by atoms with Gasteiger partial charge in [0.15, 0.2) is 0 Å². The first-order valence-electron chi connectivity index (χ1n) is 6.45. The second kappa shape index (κ2) is 5.33. The van der Waals surface area contributed by atoms with Crippen LogP contribution in [0.3, 0.4) is 0 Å². The summed E-state index contributed by atoms with van der Waals surface area (Å²) in [6.45, 7) is 3.88. The zero-order chi connectivity index (χ0) is 14.9. The SMILES string of the molecule is CC1=CC(=O)C(N)=CC1=Nc1ccc(N(C)C)cc1C. The number of aryl methyl sites for hydroxylation is 1. The topological polar surface area (TPSA) is 58.7 Å². The summed E-state index contributed by atoms with van der Waals surface area (Å²) in [5.41, 5.74) is 10.6. The maximum absolute atomic E-state index is 11.5. The summed E-state index contributed by atoms with van der Waals surface area (Å²) in [4.78, 5) is 18.1. The molecule has 0 aliphatic heterocycles. The van der Waals surface area contributed by atoms with Gasteiger partial charge >= 0.3 is 0 Å². The van der Waals surface area contributed by atoms with Gasteiger partial charge in [0, 0.05) is 19.8 Å². The Morgan fingerprint density at radius 1 is 1.15 bits per heavy atom. The Morgan fingerprint density at radius 2 is 1.85 bits per heavy atom. The lowest BCUT2D eigenvalue weighted by molar-refractivity contribution is -0.111. The molecule has 0 heterocycles. The van der Waals surface area contributed by atoms with Crippen molar-refractivity contribution < 1.29 is 4.79 Å². The molecular formula is C16H19N3O. The molecular weight excluding hydrogens is 250 g/mol. The number of nitrogens with two attached hydrogens (primary N) is 1. The van der Waals surface area contributed by atoms with E-state index in [2.05, 4.69) is 11.1 Å². The molecule has 0 fully saturated rings. The highest BCUT2D eigenvalue weighted by Gasteiger charge is 2.13. The Hall–Kier alpha value is -2.36. The van der Waals surface area contributed by atoms with Crippen molar-refractivity contribution in [1.29, 1.82) is 0 Å². The van der Waals surface area contributed by atoms with E-state index in [1.807, 2.05) is 45.0 Å². The predicted molar refractivity (Wildman–Crippen MR) is 83.6 cm³/mol. The van der Waals surface area contributed by atoms with Crippen LogP contribution in [0, 0.1) is 6.92 Å². The Morgan fingerprint density at radius 3 is 2.45 bits per heavy atom. The van der Waals surface area contributed by atoms with Crippen LogP contribution in [0.5, 0.6) is 0 Å². The lowest BCUT2D eigenvalue weighted by atomic mass is 10.0. The Balaban J connectivity index is 2.41. The molecule has 20 heavy (non-hydrogen) atoms. The summed E-state index contributed by atoms with van der Waals surface area (Å²) < 4.78 is 0. The van der Waals surface area contributed by atoms with E-state index in [1.54, 1.807) is 6.08 Å². The Bertz CT molecular complexity index is 652. The summed E-state index contributed by atoms with van der Waals surface area (Å²) in [6, 6.07) is 6.08. The number of nitrogens with zero attached hydrogens (tertiary/aromatic N) is 2. The summed E-state index contributed by atoms with van der Waals surface area (Å²) >= 11 is 0. The largest absolute Gasteiger partial charge is 0.396 e. The monoisotopic (exact) mass is 269 g/mol. The molecule has 0 saturated heterocycles. The molecule has 2 rings (SSSR count). The van der Waals surface area contributed by atoms with E-state index >= 15 is 0 Å². The van der Waals surface area contributed by atoms with Gasteiger partial charge in [-0.2, -0.15) is 0 Å². The maximum atomic E-state index is 11.5. The first-order chi connectivity index (χ1) is 9.38. The highest BCUT2D eigenvalue weighted by molar-refractivity contribution is 6.21. The molecule has 104 valence electrons. The second-order valence-corrected chi connectivity index (χ2v) is 5.15. The fraction of sp³-hybridized carbons (Fsp3) is 0.250. The van der Waals surface area contributed by atoms with Crippen molar-refractivity contribution in [3.63, 3.8) is 0 Å². The molecule has 1 aliphatic carbocycles. The van der Waals surface area contributed by atoms with Gasteiger partial charge in [-0.3, -0.25) is 4.79 Å². The number of hydrogen-bond donors (Lipinski definition) is 1. The average molecular weight is 269 g/mol. The number of allylic oxidation sites excluding steroid dienone is 3. The van der Waals surface area contributed by atoms with Crippen LogP contribution in [0.4, 0.5) is 11.4 Å². The van der Waals surface area contributed by atoms with Gasteiger partial charge in [0.05, 0.1) is 17.1 Å². The minimum atomic E-state index is -0.152. The van der Waals surface area contributed by atoms with Gasteiger partial charge < -0.3 is 10.6 Å². The standard InChI is InChI=1S/C16H19N3O/c1-10-7-12(19(3)4)5-6-14(10)18-15-9-13(17)16(20)8-11(15)2/h5-9H,17H2,1-4H3. The van der Waals surface area contributed by atoms with Crippen LogP contribution in [0.1, 0.15) is 12.5 Å². The Kier molecular flexibility index (Phi) is 3.74. The van der Waals surface area contributed by atoms with E-state index in [4.69, 9.17) is 5.73 Å². The van der Waals surface area contributed by atoms with Gasteiger partial charge in [-0.05, 0) is 55.3 Å². The molecule has 2 N–H and O–H groups in total. The first kappa shape index (κ1) is 14.1. The van der Waals surface area contributed by atoms with Crippen LogP contribution in [0.15, 0.2) is 46.6 Å². The number of benzene rings is 1. The van der Waals surface area contributed by atoms with Gasteiger partial charge in [0.25, 0.3) is 0 Å². The van der Waals surface area contributed by atoms with E-state index in [9.17, 15) is 4.79 Å². The molecule has 0 unspecified atom stereocenters. The molecule has 0 aromatic heterocycles. The molecule has 0 spiro atoms. The molecule has 1 aromatic carbocycles. The van der Waals surface area contributed by atoms with Crippen LogP contribution >= 0.6 is 0 Å². The van der Waals surface area contributed by atoms with Crippen molar-refractivity contribution in [2.45, 2.75) is 13.8 Å². The number of aliphatic imine (C=N–C) groups is 1. The molecule has 1 aromatic rings. The third-order valence-corrected chi connectivity index (χ3v) is 3.27. The first-order valence-corrected chi connectivity index (χ1v) is 6.45. The van der Waals surface area contributed by atoms with Crippen LogP contribution in [-0.4, -0.2) is 25.6 Å². The zero-order valence-corrected chi connectivity index (χ0v) is 12.3. The highest BCUT2D eigenvalue weighted by Crippen LogP contribution is 2.25. The number of rotatable bonds is 2. The summed E-state index contributed by atoms with van der Waals surface area (Å²) in [7, 11) is 4.01. The highest BCUT2D eigenvalue weighted by atomic mass is 16.1. The average Bonchev–Trinajstić information content (AvgIpc) is 2.37. The third kappa shape index (κ3) is 2.79. The van der Waals surface area contributed by atoms with E-state index < -0.39 is 0 Å². The van der Waals surface area contributed by atoms with Gasteiger partial charge in [0.2, 0.25) is 5.78 Å². The maximum Gasteiger partial charge on any atom is 0.201 e. The van der Waals surface area contributed by atoms with Crippen LogP contribution in [0.2, 0.25) is 0 Å². The Labute approximate surface area is 119 Å². The summed E-state index contributed by atoms with van der Waals surface area (Å²) in [6.07, 6.45) is 3.16. The van der Waals surface area contributed by atoms with Crippen molar-refractivity contribution in [3.8, 4) is 0 Å². The molecule has 0 bridgehead atoms. The minimum absolute atomic E-state index is 0.152. The van der Waals surface area contributed by atoms with Crippen LogP contribution in [-0.2, 0) is 4.79 Å². The molecule has 4 nitrogen and oxygen atoms in total. The normalized spacial score (nSPS) is 17.0. The summed E-state index contributed by atoms with van der Waals surface area (Å²) in [5.74, 6) is -0.152. The summed E-state index contributed by atoms with van der Waals surface area (Å²) in [5, 5.41) is 0. The second-order valence-electron chi connectivity index (χ2n) is 5.15. The van der Waals surface area contributed by atoms with Crippen molar-refractivity contribution in [2.24, 2.45) is 10.7 Å². The number of hydrogen-bond acceptors (Lipinski definition) is 4. The zero-order valence-electron chi connectivity index (χ0n) is 12.3. The number of anilines is 1. The lowest BCUT2D eigenvalue weighted by Gasteiger charge is -2.14. The van der Waals surface area contributed by atoms with Gasteiger partial charge in [-0.15, -0.1) is 0 Å². The van der Waals surface area contributed by atoms with Crippen molar-refractivity contribution in [1.82, 2.24) is 0 Å². The van der Waals surface area contributed by atoms with Gasteiger partial charge in [-0.25, -0.2) is 4.99 Å². The van der Waals surface area contributed by atoms with E-state index in [0.717, 1.165) is 28.2 Å². The smallest absolute Gasteiger partial charge is 0.201 e. The fourth-order valence-electron chi connectivity index (χ4n) is 1.98. The molecule has 0 saturated carbocycles. The van der Waals surface area contributed by atoms with Crippen LogP contribution in [0.25, 0.3) is 0 Å². The number of carbonyl (C=O) groups excluding carboxylic acids is 1. The molecule has 4 heteroatoms. The minimum Gasteiger partial charge on any atom is -0.396 e. The van der Waals surface area contributed by atoms with Crippen molar-refractivity contribution >= 4 is 22.9 Å². The van der Waals surface area contributed by atoms with Gasteiger partial charge in [-0.1, -0.05) is 0 Å². The fourth-order valence-corrected chi connectivity index (χ4v) is 1.98. The predicted octanol–water partition coefficient (Wildman–Crippen LogP) is 2.51.